The molecule has 0 saturated heterocycles. The largest absolute Gasteiger partial charge is 0.382 e. The quantitative estimate of drug-likeness (QED) is 0.780. The first-order chi connectivity index (χ1) is 8.97. The van der Waals surface area contributed by atoms with Crippen LogP contribution in [0.25, 0.3) is 0 Å². The molecule has 108 valence electrons. The van der Waals surface area contributed by atoms with Gasteiger partial charge in [0.25, 0.3) is 5.56 Å². The molecule has 0 spiro atoms. The molecule has 1 aromatic rings. The summed E-state index contributed by atoms with van der Waals surface area (Å²) in [5, 5.41) is 7.43. The van der Waals surface area contributed by atoms with Crippen LogP contribution in [0, 0.1) is 0 Å². The van der Waals surface area contributed by atoms with Crippen molar-refractivity contribution in [1.29, 1.82) is 0 Å². The normalized spacial score (nSPS) is 11.3. The predicted octanol–water partition coefficient (Wildman–Crippen LogP) is 2.06. The fourth-order valence-corrected chi connectivity index (χ4v) is 1.84. The number of nitrogens with zero attached hydrogens (tertiary/aromatic N) is 3. The average Bonchev–Trinajstić information content (AvgIpc) is 2.39. The number of hydrogen-bond donors (Lipinski definition) is 1. The molecule has 5 nitrogen and oxygen atoms in total. The average molecular weight is 287 g/mol. The highest BCUT2D eigenvalue weighted by Crippen LogP contribution is 2.14. The van der Waals surface area contributed by atoms with Gasteiger partial charge in [0.05, 0.1) is 11.9 Å². The topological polar surface area (TPSA) is 50.2 Å². The number of aromatic nitrogens is 2. The lowest BCUT2D eigenvalue weighted by molar-refractivity contribution is 0.273. The van der Waals surface area contributed by atoms with Crippen LogP contribution in [0.2, 0.25) is 5.02 Å². The van der Waals surface area contributed by atoms with Crippen molar-refractivity contribution < 1.29 is 0 Å². The Morgan fingerprint density at radius 1 is 1.53 bits per heavy atom. The Hall–Kier alpha value is -1.07. The summed E-state index contributed by atoms with van der Waals surface area (Å²) < 4.78 is 1.35. The van der Waals surface area contributed by atoms with Crippen molar-refractivity contribution in [3.05, 3.63) is 21.6 Å². The molecule has 1 N–H and O–H groups in total. The molecule has 1 rings (SSSR count). The highest BCUT2D eigenvalue weighted by Gasteiger charge is 2.08. The molecule has 1 aromatic heterocycles. The number of aryl methyl sites for hydroxylation is 1. The van der Waals surface area contributed by atoms with Crippen LogP contribution in [0.15, 0.2) is 11.0 Å². The second-order valence-corrected chi connectivity index (χ2v) is 5.23. The molecular formula is C13H23ClN4O. The number of nitrogens with one attached hydrogen (secondary N) is 1. The van der Waals surface area contributed by atoms with Gasteiger partial charge in [-0.1, -0.05) is 11.6 Å². The fraction of sp³-hybridized carbons (Fsp3) is 0.692. The molecule has 0 amide bonds. The van der Waals surface area contributed by atoms with Crippen LogP contribution < -0.4 is 10.9 Å². The number of anilines is 1. The maximum Gasteiger partial charge on any atom is 0.287 e. The Morgan fingerprint density at radius 2 is 2.21 bits per heavy atom. The van der Waals surface area contributed by atoms with Crippen LogP contribution in [0.4, 0.5) is 5.69 Å². The van der Waals surface area contributed by atoms with Gasteiger partial charge in [-0.3, -0.25) is 4.79 Å². The summed E-state index contributed by atoms with van der Waals surface area (Å²) in [5.74, 6) is 0. The van der Waals surface area contributed by atoms with Crippen molar-refractivity contribution in [2.45, 2.75) is 39.8 Å². The highest BCUT2D eigenvalue weighted by molar-refractivity contribution is 6.32. The zero-order valence-corrected chi connectivity index (χ0v) is 12.9. The molecule has 0 aromatic carbocycles. The van der Waals surface area contributed by atoms with Gasteiger partial charge in [-0.25, -0.2) is 4.68 Å². The van der Waals surface area contributed by atoms with E-state index >= 15 is 0 Å². The summed E-state index contributed by atoms with van der Waals surface area (Å²) >= 11 is 6.02. The van der Waals surface area contributed by atoms with E-state index < -0.39 is 0 Å². The highest BCUT2D eigenvalue weighted by atomic mass is 35.5. The third kappa shape index (κ3) is 4.51. The fourth-order valence-electron chi connectivity index (χ4n) is 1.62. The van der Waals surface area contributed by atoms with E-state index in [-0.39, 0.29) is 10.6 Å². The summed E-state index contributed by atoms with van der Waals surface area (Å²) in [7, 11) is 2.10. The zero-order valence-electron chi connectivity index (χ0n) is 12.1. The summed E-state index contributed by atoms with van der Waals surface area (Å²) in [6.45, 7) is 8.49. The molecule has 6 heteroatoms. The van der Waals surface area contributed by atoms with Gasteiger partial charge in [0, 0.05) is 19.1 Å². The number of halogens is 1. The van der Waals surface area contributed by atoms with Gasteiger partial charge in [-0.15, -0.1) is 0 Å². The third-order valence-corrected chi connectivity index (χ3v) is 3.53. The van der Waals surface area contributed by atoms with Crippen molar-refractivity contribution in [3.63, 3.8) is 0 Å². The SMILES string of the molecule is CCn1ncc(NCCCN(C)C(C)C)c(Cl)c1=O. The lowest BCUT2D eigenvalue weighted by atomic mass is 10.3. The second-order valence-electron chi connectivity index (χ2n) is 4.85. The van der Waals surface area contributed by atoms with Crippen molar-refractivity contribution in [3.8, 4) is 0 Å². The van der Waals surface area contributed by atoms with Gasteiger partial charge in [0.2, 0.25) is 0 Å². The predicted molar refractivity (Wildman–Crippen MR) is 80.1 cm³/mol. The number of rotatable bonds is 7. The minimum atomic E-state index is -0.242. The van der Waals surface area contributed by atoms with E-state index in [1.807, 2.05) is 6.92 Å². The van der Waals surface area contributed by atoms with Crippen LogP contribution in [0.3, 0.4) is 0 Å². The molecule has 0 atom stereocenters. The first kappa shape index (κ1) is 16.0. The third-order valence-electron chi connectivity index (χ3n) is 3.17. The summed E-state index contributed by atoms with van der Waals surface area (Å²) in [6.07, 6.45) is 2.60. The monoisotopic (exact) mass is 286 g/mol. The molecule has 0 fully saturated rings. The molecular weight excluding hydrogens is 264 g/mol. The lowest BCUT2D eigenvalue weighted by Gasteiger charge is -2.20. The Bertz CT molecular complexity index is 458. The van der Waals surface area contributed by atoms with Crippen LogP contribution in [-0.4, -0.2) is 40.9 Å². The molecule has 0 aliphatic carbocycles. The minimum Gasteiger partial charge on any atom is -0.382 e. The summed E-state index contributed by atoms with van der Waals surface area (Å²) in [6, 6.07) is 0.540. The smallest absolute Gasteiger partial charge is 0.287 e. The van der Waals surface area contributed by atoms with Gasteiger partial charge in [-0.2, -0.15) is 5.10 Å². The van der Waals surface area contributed by atoms with Gasteiger partial charge in [0.15, 0.2) is 0 Å². The molecule has 0 unspecified atom stereocenters. The van der Waals surface area contributed by atoms with Gasteiger partial charge >= 0.3 is 0 Å². The van der Waals surface area contributed by atoms with Crippen molar-refractivity contribution in [2.24, 2.45) is 0 Å². The van der Waals surface area contributed by atoms with E-state index in [0.29, 0.717) is 18.3 Å². The standard InChI is InChI=1S/C13H23ClN4O/c1-5-18-13(19)12(14)11(9-16-18)15-7-6-8-17(4)10(2)3/h9-10,15H,5-8H2,1-4H3. The lowest BCUT2D eigenvalue weighted by Crippen LogP contribution is -2.28. The van der Waals surface area contributed by atoms with Gasteiger partial charge in [-0.05, 0) is 40.8 Å². The second kappa shape index (κ2) is 7.50. The Morgan fingerprint density at radius 3 is 2.79 bits per heavy atom. The van der Waals surface area contributed by atoms with E-state index in [1.165, 1.54) is 4.68 Å². The summed E-state index contributed by atoms with van der Waals surface area (Å²) in [4.78, 5) is 14.0. The van der Waals surface area contributed by atoms with Crippen molar-refractivity contribution in [2.75, 3.05) is 25.5 Å². The van der Waals surface area contributed by atoms with Crippen LogP contribution in [0.5, 0.6) is 0 Å². The first-order valence-corrected chi connectivity index (χ1v) is 7.04. The van der Waals surface area contributed by atoms with E-state index in [9.17, 15) is 4.79 Å². The van der Waals surface area contributed by atoms with Crippen LogP contribution in [-0.2, 0) is 6.54 Å². The van der Waals surface area contributed by atoms with Crippen molar-refractivity contribution in [1.82, 2.24) is 14.7 Å². The van der Waals surface area contributed by atoms with E-state index in [2.05, 4.69) is 36.2 Å². The molecule has 0 aliphatic rings. The van der Waals surface area contributed by atoms with Crippen LogP contribution >= 0.6 is 11.6 Å². The maximum atomic E-state index is 11.8. The maximum absolute atomic E-state index is 11.8. The Labute approximate surface area is 119 Å². The Kier molecular flexibility index (Phi) is 6.31. The van der Waals surface area contributed by atoms with E-state index in [1.54, 1.807) is 6.20 Å². The zero-order chi connectivity index (χ0) is 14.4. The Balaban J connectivity index is 2.51. The number of hydrogen-bond acceptors (Lipinski definition) is 4. The van der Waals surface area contributed by atoms with Gasteiger partial charge < -0.3 is 10.2 Å². The molecule has 0 bridgehead atoms. The molecule has 0 radical (unpaired) electrons. The van der Waals surface area contributed by atoms with Crippen LogP contribution in [0.1, 0.15) is 27.2 Å². The molecule has 0 aliphatic heterocycles. The van der Waals surface area contributed by atoms with E-state index in [0.717, 1.165) is 19.5 Å². The first-order valence-electron chi connectivity index (χ1n) is 6.67. The van der Waals surface area contributed by atoms with Crippen molar-refractivity contribution >= 4 is 17.3 Å². The van der Waals surface area contributed by atoms with Gasteiger partial charge in [0.1, 0.15) is 5.02 Å². The molecule has 1 heterocycles. The minimum absolute atomic E-state index is 0.217. The molecule has 0 saturated carbocycles. The summed E-state index contributed by atoms with van der Waals surface area (Å²) in [5.41, 5.74) is 0.372. The van der Waals surface area contributed by atoms with E-state index in [4.69, 9.17) is 11.6 Å². The molecule has 19 heavy (non-hydrogen) atoms.